The lowest BCUT2D eigenvalue weighted by Crippen LogP contribution is -2.21. The number of thioether (sulfide) groups is 1. The number of methoxy groups -OCH3 is 1. The number of rotatable bonds is 8. The zero-order chi connectivity index (χ0) is 15.9. The third kappa shape index (κ3) is 6.95. The summed E-state index contributed by atoms with van der Waals surface area (Å²) in [6.45, 7) is 1.98. The molecule has 3 nitrogen and oxygen atoms in total. The Morgan fingerprint density at radius 1 is 1.29 bits per heavy atom. The average molecular weight is 323 g/mol. The van der Waals surface area contributed by atoms with Crippen LogP contribution in [0.1, 0.15) is 18.9 Å². The van der Waals surface area contributed by atoms with Crippen molar-refractivity contribution in [3.8, 4) is 11.5 Å². The van der Waals surface area contributed by atoms with Crippen molar-refractivity contribution in [3.05, 3.63) is 23.8 Å². The smallest absolute Gasteiger partial charge is 0.441 e. The molecule has 1 unspecified atom stereocenters. The van der Waals surface area contributed by atoms with E-state index < -0.39 is 5.51 Å². The van der Waals surface area contributed by atoms with Gasteiger partial charge >= 0.3 is 5.51 Å². The maximum atomic E-state index is 12.0. The van der Waals surface area contributed by atoms with Gasteiger partial charge in [-0.3, -0.25) is 0 Å². The summed E-state index contributed by atoms with van der Waals surface area (Å²) in [7, 11) is 1.50. The molecular formula is C14H20F3NO2S. The first-order valence-corrected chi connectivity index (χ1v) is 7.60. The third-order valence-corrected chi connectivity index (χ3v) is 3.56. The fourth-order valence-electron chi connectivity index (χ4n) is 1.71. The Bertz CT molecular complexity index is 441. The van der Waals surface area contributed by atoms with Crippen LogP contribution in [-0.4, -0.2) is 31.0 Å². The fourth-order valence-corrected chi connectivity index (χ4v) is 2.11. The Morgan fingerprint density at radius 3 is 2.57 bits per heavy atom. The second-order valence-corrected chi connectivity index (χ2v) is 5.66. The van der Waals surface area contributed by atoms with Crippen LogP contribution in [0.3, 0.4) is 0 Å². The van der Waals surface area contributed by atoms with Gasteiger partial charge in [0.05, 0.1) is 13.7 Å². The van der Waals surface area contributed by atoms with Crippen molar-refractivity contribution in [2.24, 2.45) is 5.73 Å². The van der Waals surface area contributed by atoms with Gasteiger partial charge in [-0.15, -0.1) is 0 Å². The molecule has 0 aliphatic carbocycles. The van der Waals surface area contributed by atoms with E-state index in [9.17, 15) is 13.2 Å². The normalized spacial score (nSPS) is 13.0. The molecule has 120 valence electrons. The lowest BCUT2D eigenvalue weighted by molar-refractivity contribution is -0.0329. The summed E-state index contributed by atoms with van der Waals surface area (Å²) in [5.74, 6) is 0.789. The standard InChI is InChI=1S/C14H20F3NO2S/c1-3-11(18)8-10-4-5-12(13(9-10)19-2)20-6-7-21-14(15,16)17/h4-5,9,11H,3,6-8,18H2,1-2H3. The van der Waals surface area contributed by atoms with Crippen LogP contribution in [0, 0.1) is 0 Å². The zero-order valence-electron chi connectivity index (χ0n) is 12.1. The molecule has 0 aliphatic rings. The first-order chi connectivity index (χ1) is 9.85. The van der Waals surface area contributed by atoms with Crippen LogP contribution in [0.15, 0.2) is 18.2 Å². The Morgan fingerprint density at radius 2 is 2.00 bits per heavy atom. The fraction of sp³-hybridized carbons (Fsp3) is 0.571. The number of ether oxygens (including phenoxy) is 2. The van der Waals surface area contributed by atoms with Crippen LogP contribution in [0.2, 0.25) is 0 Å². The van der Waals surface area contributed by atoms with Crippen LogP contribution in [0.25, 0.3) is 0 Å². The second-order valence-electron chi connectivity index (χ2n) is 4.50. The highest BCUT2D eigenvalue weighted by atomic mass is 32.2. The minimum atomic E-state index is -4.23. The molecule has 2 N–H and O–H groups in total. The van der Waals surface area contributed by atoms with Gasteiger partial charge in [0, 0.05) is 11.8 Å². The minimum absolute atomic E-state index is 0.0334. The van der Waals surface area contributed by atoms with Gasteiger partial charge in [0.2, 0.25) is 0 Å². The molecule has 1 atom stereocenters. The van der Waals surface area contributed by atoms with E-state index in [1.807, 2.05) is 19.1 Å². The number of hydrogen-bond acceptors (Lipinski definition) is 4. The molecule has 0 fully saturated rings. The molecule has 0 amide bonds. The van der Waals surface area contributed by atoms with Gasteiger partial charge in [-0.1, -0.05) is 13.0 Å². The lowest BCUT2D eigenvalue weighted by atomic mass is 10.0. The third-order valence-electron chi connectivity index (χ3n) is 2.86. The Hall–Kier alpha value is -1.08. The second kappa shape index (κ2) is 8.38. The molecular weight excluding hydrogens is 303 g/mol. The van der Waals surface area contributed by atoms with E-state index in [4.69, 9.17) is 15.2 Å². The minimum Gasteiger partial charge on any atom is -0.493 e. The molecule has 1 rings (SSSR count). The molecule has 0 aliphatic heterocycles. The van der Waals surface area contributed by atoms with Gasteiger partial charge in [0.15, 0.2) is 11.5 Å². The molecule has 0 heterocycles. The van der Waals surface area contributed by atoms with Crippen LogP contribution >= 0.6 is 11.8 Å². The first kappa shape index (κ1) is 18.0. The summed E-state index contributed by atoms with van der Waals surface area (Å²) >= 11 is -0.102. The van der Waals surface area contributed by atoms with Crippen molar-refractivity contribution in [1.82, 2.24) is 0 Å². The highest BCUT2D eigenvalue weighted by molar-refractivity contribution is 8.00. The SMILES string of the molecule is CCC(N)Cc1ccc(OCCSC(F)(F)F)c(OC)c1. The molecule has 1 aromatic rings. The Labute approximate surface area is 127 Å². The van der Waals surface area contributed by atoms with Gasteiger partial charge in [-0.05, 0) is 42.3 Å². The van der Waals surface area contributed by atoms with E-state index in [1.165, 1.54) is 7.11 Å². The van der Waals surface area contributed by atoms with Crippen molar-refractivity contribution in [1.29, 1.82) is 0 Å². The molecule has 21 heavy (non-hydrogen) atoms. The summed E-state index contributed by atoms with van der Waals surface area (Å²) in [6.07, 6.45) is 1.59. The topological polar surface area (TPSA) is 44.5 Å². The summed E-state index contributed by atoms with van der Waals surface area (Å²) < 4.78 is 46.6. The molecule has 0 spiro atoms. The van der Waals surface area contributed by atoms with E-state index in [1.54, 1.807) is 6.07 Å². The van der Waals surface area contributed by atoms with Crippen molar-refractivity contribution < 1.29 is 22.6 Å². The van der Waals surface area contributed by atoms with Crippen LogP contribution in [0.4, 0.5) is 13.2 Å². The van der Waals surface area contributed by atoms with Gasteiger partial charge in [0.1, 0.15) is 0 Å². The van der Waals surface area contributed by atoms with E-state index in [0.29, 0.717) is 11.5 Å². The van der Waals surface area contributed by atoms with Crippen molar-refractivity contribution in [3.63, 3.8) is 0 Å². The van der Waals surface area contributed by atoms with Crippen molar-refractivity contribution in [2.75, 3.05) is 19.5 Å². The van der Waals surface area contributed by atoms with Gasteiger partial charge < -0.3 is 15.2 Å². The predicted octanol–water partition coefficient (Wildman–Crippen LogP) is 3.61. The highest BCUT2D eigenvalue weighted by Crippen LogP contribution is 2.31. The Kier molecular flexibility index (Phi) is 7.17. The van der Waals surface area contributed by atoms with Crippen LogP contribution in [0.5, 0.6) is 11.5 Å². The van der Waals surface area contributed by atoms with E-state index >= 15 is 0 Å². The van der Waals surface area contributed by atoms with E-state index in [0.717, 1.165) is 18.4 Å². The van der Waals surface area contributed by atoms with Crippen LogP contribution in [-0.2, 0) is 6.42 Å². The van der Waals surface area contributed by atoms with Crippen molar-refractivity contribution >= 4 is 11.8 Å². The Balaban J connectivity index is 2.58. The van der Waals surface area contributed by atoms with Crippen molar-refractivity contribution in [2.45, 2.75) is 31.3 Å². The summed E-state index contributed by atoms with van der Waals surface area (Å²) in [5.41, 5.74) is 2.68. The van der Waals surface area contributed by atoms with E-state index in [-0.39, 0.29) is 30.2 Å². The molecule has 1 aromatic carbocycles. The molecule has 0 saturated carbocycles. The number of nitrogens with two attached hydrogens (primary N) is 1. The quantitative estimate of drug-likeness (QED) is 0.742. The van der Waals surface area contributed by atoms with Gasteiger partial charge in [-0.25, -0.2) is 0 Å². The van der Waals surface area contributed by atoms with E-state index in [2.05, 4.69) is 0 Å². The average Bonchev–Trinajstić information content (AvgIpc) is 2.43. The molecule has 7 heteroatoms. The summed E-state index contributed by atoms with van der Waals surface area (Å²) in [5, 5.41) is 0. The summed E-state index contributed by atoms with van der Waals surface area (Å²) in [6, 6.07) is 5.44. The lowest BCUT2D eigenvalue weighted by Gasteiger charge is -2.14. The maximum Gasteiger partial charge on any atom is 0.441 e. The molecule has 0 saturated heterocycles. The monoisotopic (exact) mass is 323 g/mol. The molecule has 0 bridgehead atoms. The first-order valence-electron chi connectivity index (χ1n) is 6.61. The predicted molar refractivity (Wildman–Crippen MR) is 79.0 cm³/mol. The summed E-state index contributed by atoms with van der Waals surface area (Å²) in [4.78, 5) is 0. The van der Waals surface area contributed by atoms with Gasteiger partial charge in [0.25, 0.3) is 0 Å². The zero-order valence-corrected chi connectivity index (χ0v) is 12.9. The van der Waals surface area contributed by atoms with Crippen LogP contribution < -0.4 is 15.2 Å². The number of benzene rings is 1. The highest BCUT2D eigenvalue weighted by Gasteiger charge is 2.27. The number of hydrogen-bond donors (Lipinski definition) is 1. The van der Waals surface area contributed by atoms with Gasteiger partial charge in [-0.2, -0.15) is 13.2 Å². The largest absolute Gasteiger partial charge is 0.493 e. The number of alkyl halides is 3. The number of halogens is 3. The maximum absolute atomic E-state index is 12.0. The molecule has 0 aromatic heterocycles. The molecule has 0 radical (unpaired) electrons.